The molecule has 1 aromatic carbocycles. The van der Waals surface area contributed by atoms with Gasteiger partial charge < -0.3 is 0 Å². The number of benzene rings is 1. The molecule has 0 N–H and O–H groups in total. The number of hydrogen-bond donors (Lipinski definition) is 0. The lowest BCUT2D eigenvalue weighted by molar-refractivity contribution is 1.23. The van der Waals surface area contributed by atoms with Gasteiger partial charge in [-0.3, -0.25) is 0 Å². The maximum atomic E-state index is 5.79. The second kappa shape index (κ2) is 6.04. The van der Waals surface area contributed by atoms with Crippen molar-refractivity contribution in [3.63, 3.8) is 0 Å². The maximum Gasteiger partial charge on any atom is 0.0374 e. The van der Waals surface area contributed by atoms with Crippen LogP contribution in [-0.4, -0.2) is 5.88 Å². The van der Waals surface area contributed by atoms with Crippen molar-refractivity contribution < 1.29 is 0 Å². The number of aryl methyl sites for hydroxylation is 1. The van der Waals surface area contributed by atoms with Crippen molar-refractivity contribution in [3.05, 3.63) is 63.9 Å². The van der Waals surface area contributed by atoms with Crippen LogP contribution in [0.1, 0.15) is 22.4 Å². The summed E-state index contributed by atoms with van der Waals surface area (Å²) in [4.78, 5) is 1.35. The molecule has 0 bridgehead atoms. The average Bonchev–Trinajstić information content (AvgIpc) is 2.78. The van der Waals surface area contributed by atoms with Gasteiger partial charge in [-0.1, -0.05) is 36.4 Å². The average molecular weight is 263 g/mol. The first kappa shape index (κ1) is 12.4. The van der Waals surface area contributed by atoms with Gasteiger partial charge in [-0.2, -0.15) is 0 Å². The Bertz CT molecular complexity index is 497. The summed E-state index contributed by atoms with van der Waals surface area (Å²) in [5.41, 5.74) is 3.90. The predicted molar refractivity (Wildman–Crippen MR) is 77.9 cm³/mol. The van der Waals surface area contributed by atoms with E-state index in [4.69, 9.17) is 11.6 Å². The summed E-state index contributed by atoms with van der Waals surface area (Å²) in [7, 11) is 0. The fourth-order valence-corrected chi connectivity index (χ4v) is 2.91. The van der Waals surface area contributed by atoms with Crippen molar-refractivity contribution in [1.82, 2.24) is 0 Å². The first-order valence-electron chi connectivity index (χ1n) is 5.69. The summed E-state index contributed by atoms with van der Waals surface area (Å²) in [5.74, 6) is 0.667. The van der Waals surface area contributed by atoms with Crippen LogP contribution in [0.3, 0.4) is 0 Å². The molecule has 17 heavy (non-hydrogen) atoms. The Morgan fingerprint density at radius 2 is 2.00 bits per heavy atom. The molecule has 0 aliphatic rings. The molecule has 0 aliphatic heterocycles. The molecule has 0 aliphatic carbocycles. The summed E-state index contributed by atoms with van der Waals surface area (Å²) in [5, 5.41) is 2.14. The molecule has 0 fully saturated rings. The predicted octanol–water partition coefficient (Wildman–Crippen LogP) is 5.12. The van der Waals surface area contributed by atoms with Gasteiger partial charge in [0.15, 0.2) is 0 Å². The van der Waals surface area contributed by atoms with Crippen LogP contribution in [0, 0.1) is 6.92 Å². The third-order valence-corrected chi connectivity index (χ3v) is 3.92. The lowest BCUT2D eigenvalue weighted by Crippen LogP contribution is -1.87. The minimum atomic E-state index is 0.667. The van der Waals surface area contributed by atoms with Crippen LogP contribution < -0.4 is 0 Å². The number of alkyl halides is 1. The fraction of sp³-hybridized carbons (Fsp3) is 0.200. The summed E-state index contributed by atoms with van der Waals surface area (Å²) in [6.07, 6.45) is 3.14. The van der Waals surface area contributed by atoms with E-state index in [2.05, 4.69) is 48.7 Å². The molecule has 2 heteroatoms. The summed E-state index contributed by atoms with van der Waals surface area (Å²) in [6.45, 7) is 2.16. The normalized spacial score (nSPS) is 11.8. The molecule has 1 aromatic heterocycles. The number of thiophene rings is 1. The second-order valence-corrected chi connectivity index (χ2v) is 5.19. The molecule has 0 amide bonds. The Labute approximate surface area is 112 Å². The number of hydrogen-bond acceptors (Lipinski definition) is 1. The highest BCUT2D eigenvalue weighted by Crippen LogP contribution is 2.30. The maximum absolute atomic E-state index is 5.79. The first-order chi connectivity index (χ1) is 8.33. The zero-order valence-corrected chi connectivity index (χ0v) is 11.4. The Kier molecular flexibility index (Phi) is 4.41. The van der Waals surface area contributed by atoms with Gasteiger partial charge in [0.2, 0.25) is 0 Å². The monoisotopic (exact) mass is 262 g/mol. The van der Waals surface area contributed by atoms with Crippen molar-refractivity contribution in [2.75, 3.05) is 5.88 Å². The quantitative estimate of drug-likeness (QED) is 0.671. The van der Waals surface area contributed by atoms with Crippen molar-refractivity contribution in [3.8, 4) is 0 Å². The third kappa shape index (κ3) is 2.99. The van der Waals surface area contributed by atoms with Gasteiger partial charge in [0.1, 0.15) is 0 Å². The van der Waals surface area contributed by atoms with Crippen LogP contribution in [0.2, 0.25) is 0 Å². The van der Waals surface area contributed by atoms with Crippen molar-refractivity contribution in [2.24, 2.45) is 0 Å². The molecule has 0 saturated heterocycles. The van der Waals surface area contributed by atoms with Crippen LogP contribution in [-0.2, 0) is 0 Å². The number of allylic oxidation sites excluding steroid dienone is 1. The minimum absolute atomic E-state index is 0.667. The molecule has 0 nitrogen and oxygen atoms in total. The van der Waals surface area contributed by atoms with Crippen LogP contribution in [0.15, 0.2) is 47.9 Å². The Balaban J connectivity index is 2.43. The summed E-state index contributed by atoms with van der Waals surface area (Å²) >= 11 is 7.58. The van der Waals surface area contributed by atoms with Crippen LogP contribution in [0.25, 0.3) is 5.57 Å². The largest absolute Gasteiger partial charge is 0.144 e. The molecule has 0 radical (unpaired) electrons. The van der Waals surface area contributed by atoms with Crippen LogP contribution in [0.5, 0.6) is 0 Å². The van der Waals surface area contributed by atoms with E-state index in [1.54, 1.807) is 11.3 Å². The van der Waals surface area contributed by atoms with E-state index in [0.717, 1.165) is 6.42 Å². The van der Waals surface area contributed by atoms with Gasteiger partial charge >= 0.3 is 0 Å². The number of rotatable bonds is 4. The highest BCUT2D eigenvalue weighted by molar-refractivity contribution is 7.11. The van der Waals surface area contributed by atoms with Crippen molar-refractivity contribution in [2.45, 2.75) is 13.3 Å². The molecule has 0 unspecified atom stereocenters. The molecular formula is C15H15ClS. The van der Waals surface area contributed by atoms with Crippen molar-refractivity contribution in [1.29, 1.82) is 0 Å². The van der Waals surface area contributed by atoms with E-state index in [1.807, 2.05) is 6.07 Å². The van der Waals surface area contributed by atoms with Crippen LogP contribution in [0.4, 0.5) is 0 Å². The number of halogens is 1. The Morgan fingerprint density at radius 3 is 2.59 bits per heavy atom. The van der Waals surface area contributed by atoms with Gasteiger partial charge in [-0.05, 0) is 41.5 Å². The second-order valence-electron chi connectivity index (χ2n) is 3.89. The Morgan fingerprint density at radius 1 is 1.24 bits per heavy atom. The standard InChI is InChI=1S/C15H15ClS/c1-12-9-11-17-15(12)14(8-5-10-16)13-6-3-2-4-7-13/h2-4,6-9,11H,5,10H2,1H3/b14-8+. The van der Waals surface area contributed by atoms with Crippen LogP contribution >= 0.6 is 22.9 Å². The summed E-state index contributed by atoms with van der Waals surface area (Å²) in [6, 6.07) is 12.7. The smallest absolute Gasteiger partial charge is 0.0374 e. The molecule has 2 aromatic rings. The molecule has 2 rings (SSSR count). The van der Waals surface area contributed by atoms with Gasteiger partial charge in [0.25, 0.3) is 0 Å². The SMILES string of the molecule is Cc1ccsc1/C(=C/CCCl)c1ccccc1. The van der Waals surface area contributed by atoms with E-state index in [1.165, 1.54) is 21.6 Å². The minimum Gasteiger partial charge on any atom is -0.144 e. The van der Waals surface area contributed by atoms with E-state index in [0.29, 0.717) is 5.88 Å². The molecule has 0 spiro atoms. The van der Waals surface area contributed by atoms with E-state index >= 15 is 0 Å². The molecule has 0 atom stereocenters. The first-order valence-corrected chi connectivity index (χ1v) is 7.10. The lowest BCUT2D eigenvalue weighted by Gasteiger charge is -2.07. The van der Waals surface area contributed by atoms with Gasteiger partial charge in [-0.25, -0.2) is 0 Å². The molecule has 0 saturated carbocycles. The molecule has 88 valence electrons. The lowest BCUT2D eigenvalue weighted by atomic mass is 10.0. The van der Waals surface area contributed by atoms with E-state index in [-0.39, 0.29) is 0 Å². The summed E-state index contributed by atoms with van der Waals surface area (Å²) < 4.78 is 0. The highest BCUT2D eigenvalue weighted by atomic mass is 35.5. The zero-order valence-electron chi connectivity index (χ0n) is 9.82. The highest BCUT2D eigenvalue weighted by Gasteiger charge is 2.08. The fourth-order valence-electron chi connectivity index (χ4n) is 1.81. The third-order valence-electron chi connectivity index (χ3n) is 2.65. The van der Waals surface area contributed by atoms with Gasteiger partial charge in [0.05, 0.1) is 0 Å². The van der Waals surface area contributed by atoms with E-state index < -0.39 is 0 Å². The van der Waals surface area contributed by atoms with Crippen molar-refractivity contribution >= 4 is 28.5 Å². The Hall–Kier alpha value is -1.05. The van der Waals surface area contributed by atoms with E-state index in [9.17, 15) is 0 Å². The zero-order chi connectivity index (χ0) is 12.1. The van der Waals surface area contributed by atoms with Gasteiger partial charge in [0, 0.05) is 10.8 Å². The van der Waals surface area contributed by atoms with Gasteiger partial charge in [-0.15, -0.1) is 22.9 Å². The molecular weight excluding hydrogens is 248 g/mol. The topological polar surface area (TPSA) is 0 Å². The molecule has 1 heterocycles.